The summed E-state index contributed by atoms with van der Waals surface area (Å²) in [4.78, 5) is 22.9. The number of carbonyl (C=O) groups excluding carboxylic acids is 1. The van der Waals surface area contributed by atoms with E-state index in [0.717, 1.165) is 39.8 Å². The molecule has 1 saturated heterocycles. The molecule has 3 aromatic rings. The number of hydrogen-bond donors (Lipinski definition) is 0. The van der Waals surface area contributed by atoms with E-state index in [1.54, 1.807) is 12.4 Å². The zero-order chi connectivity index (χ0) is 16.7. The van der Waals surface area contributed by atoms with Crippen LogP contribution in [-0.2, 0) is 4.79 Å². The maximum Gasteiger partial charge on any atom is 0.227 e. The monoisotopic (exact) mass is 317 g/mol. The SMILES string of the molecule is Cc1cc(-c2ccncc2)nc2ccc(N3C(=O)CCC3C)cc12. The Morgan fingerprint density at radius 3 is 2.62 bits per heavy atom. The summed E-state index contributed by atoms with van der Waals surface area (Å²) in [6, 6.07) is 12.4. The quantitative estimate of drug-likeness (QED) is 0.714. The summed E-state index contributed by atoms with van der Waals surface area (Å²) in [6.45, 7) is 4.19. The molecule has 120 valence electrons. The molecule has 1 aliphatic rings. The van der Waals surface area contributed by atoms with Crippen molar-refractivity contribution in [1.29, 1.82) is 0 Å². The van der Waals surface area contributed by atoms with Gasteiger partial charge in [0.05, 0.1) is 11.2 Å². The molecule has 24 heavy (non-hydrogen) atoms. The summed E-state index contributed by atoms with van der Waals surface area (Å²) in [5.41, 5.74) is 5.08. The van der Waals surface area contributed by atoms with Crippen LogP contribution < -0.4 is 4.90 Å². The third kappa shape index (κ3) is 2.44. The van der Waals surface area contributed by atoms with Crippen molar-refractivity contribution in [3.63, 3.8) is 0 Å². The standard InChI is InChI=1S/C20H19N3O/c1-13-11-19(15-7-9-21-10-8-15)22-18-5-4-16(12-17(13)18)23-14(2)3-6-20(23)24/h4-5,7-12,14H,3,6H2,1-2H3. The summed E-state index contributed by atoms with van der Waals surface area (Å²) in [5, 5.41) is 1.09. The number of benzene rings is 1. The molecular weight excluding hydrogens is 298 g/mol. The fourth-order valence-electron chi connectivity index (χ4n) is 3.43. The minimum absolute atomic E-state index is 0.209. The van der Waals surface area contributed by atoms with Crippen LogP contribution in [-0.4, -0.2) is 21.9 Å². The minimum atomic E-state index is 0.209. The first-order valence-electron chi connectivity index (χ1n) is 8.27. The van der Waals surface area contributed by atoms with Crippen molar-refractivity contribution in [3.05, 3.63) is 54.4 Å². The number of fused-ring (bicyclic) bond motifs is 1. The molecule has 1 fully saturated rings. The summed E-state index contributed by atoms with van der Waals surface area (Å²) in [7, 11) is 0. The van der Waals surface area contributed by atoms with Gasteiger partial charge >= 0.3 is 0 Å². The molecule has 1 aromatic carbocycles. The first kappa shape index (κ1) is 14.8. The second-order valence-corrected chi connectivity index (χ2v) is 6.41. The Kier molecular flexibility index (Phi) is 3.53. The van der Waals surface area contributed by atoms with Crippen LogP contribution in [0.1, 0.15) is 25.3 Å². The van der Waals surface area contributed by atoms with Gasteiger partial charge in [-0.05, 0) is 62.2 Å². The molecule has 0 bridgehead atoms. The lowest BCUT2D eigenvalue weighted by Crippen LogP contribution is -2.30. The van der Waals surface area contributed by atoms with E-state index in [2.05, 4.69) is 31.0 Å². The fraction of sp³-hybridized carbons (Fsp3) is 0.250. The Morgan fingerprint density at radius 1 is 1.12 bits per heavy atom. The number of carbonyl (C=O) groups is 1. The highest BCUT2D eigenvalue weighted by molar-refractivity contribution is 5.98. The van der Waals surface area contributed by atoms with Crippen LogP contribution in [0.5, 0.6) is 0 Å². The van der Waals surface area contributed by atoms with Crippen LogP contribution >= 0.6 is 0 Å². The summed E-state index contributed by atoms with van der Waals surface area (Å²) >= 11 is 0. The number of aromatic nitrogens is 2. The largest absolute Gasteiger partial charge is 0.310 e. The Bertz CT molecular complexity index is 921. The van der Waals surface area contributed by atoms with E-state index in [1.165, 1.54) is 0 Å². The molecule has 1 atom stereocenters. The third-order valence-electron chi connectivity index (χ3n) is 4.74. The molecule has 4 nitrogen and oxygen atoms in total. The van der Waals surface area contributed by atoms with Gasteiger partial charge in [-0.15, -0.1) is 0 Å². The number of pyridine rings is 2. The van der Waals surface area contributed by atoms with Crippen molar-refractivity contribution < 1.29 is 4.79 Å². The van der Waals surface area contributed by atoms with Crippen molar-refractivity contribution in [2.75, 3.05) is 4.90 Å². The Labute approximate surface area is 141 Å². The Hall–Kier alpha value is -2.75. The first-order valence-corrected chi connectivity index (χ1v) is 8.27. The molecule has 3 heterocycles. The smallest absolute Gasteiger partial charge is 0.227 e. The van der Waals surface area contributed by atoms with Crippen molar-refractivity contribution in [2.45, 2.75) is 32.7 Å². The lowest BCUT2D eigenvalue weighted by atomic mass is 10.0. The van der Waals surface area contributed by atoms with Gasteiger partial charge in [-0.1, -0.05) is 0 Å². The zero-order valence-corrected chi connectivity index (χ0v) is 13.9. The van der Waals surface area contributed by atoms with Gasteiger partial charge in [0.1, 0.15) is 0 Å². The van der Waals surface area contributed by atoms with Gasteiger partial charge in [0, 0.05) is 41.5 Å². The average molecular weight is 317 g/mol. The van der Waals surface area contributed by atoms with Crippen molar-refractivity contribution >= 4 is 22.5 Å². The second-order valence-electron chi connectivity index (χ2n) is 6.41. The molecule has 4 rings (SSSR count). The number of nitrogens with zero attached hydrogens (tertiary/aromatic N) is 3. The number of rotatable bonds is 2. The topological polar surface area (TPSA) is 46.1 Å². The second kappa shape index (κ2) is 5.71. The van der Waals surface area contributed by atoms with E-state index in [-0.39, 0.29) is 11.9 Å². The molecule has 1 amide bonds. The van der Waals surface area contributed by atoms with Gasteiger partial charge in [0.15, 0.2) is 0 Å². The molecule has 1 unspecified atom stereocenters. The molecule has 0 radical (unpaired) electrons. The van der Waals surface area contributed by atoms with E-state index in [0.29, 0.717) is 6.42 Å². The molecule has 4 heteroatoms. The lowest BCUT2D eigenvalue weighted by molar-refractivity contribution is -0.117. The molecule has 0 spiro atoms. The van der Waals surface area contributed by atoms with E-state index in [9.17, 15) is 4.79 Å². The molecular formula is C20H19N3O. The number of amides is 1. The van der Waals surface area contributed by atoms with Crippen LogP contribution in [0, 0.1) is 6.92 Å². The van der Waals surface area contributed by atoms with Crippen molar-refractivity contribution in [3.8, 4) is 11.3 Å². The fourth-order valence-corrected chi connectivity index (χ4v) is 3.43. The predicted octanol–water partition coefficient (Wildman–Crippen LogP) is 4.12. The molecule has 0 aliphatic carbocycles. The average Bonchev–Trinajstić information content (AvgIpc) is 2.94. The van der Waals surface area contributed by atoms with E-state index >= 15 is 0 Å². The van der Waals surface area contributed by atoms with Crippen LogP contribution in [0.3, 0.4) is 0 Å². The van der Waals surface area contributed by atoms with E-state index in [1.807, 2.05) is 29.2 Å². The van der Waals surface area contributed by atoms with E-state index in [4.69, 9.17) is 4.98 Å². The van der Waals surface area contributed by atoms with Crippen LogP contribution in [0.4, 0.5) is 5.69 Å². The number of aryl methyl sites for hydroxylation is 1. The highest BCUT2D eigenvalue weighted by Gasteiger charge is 2.28. The molecule has 1 aliphatic heterocycles. The van der Waals surface area contributed by atoms with Crippen LogP contribution in [0.25, 0.3) is 22.2 Å². The maximum atomic E-state index is 12.1. The van der Waals surface area contributed by atoms with Gasteiger partial charge < -0.3 is 4.90 Å². The highest BCUT2D eigenvalue weighted by atomic mass is 16.2. The van der Waals surface area contributed by atoms with Crippen molar-refractivity contribution in [2.24, 2.45) is 0 Å². The Morgan fingerprint density at radius 2 is 1.92 bits per heavy atom. The normalized spacial score (nSPS) is 17.7. The van der Waals surface area contributed by atoms with Gasteiger partial charge in [-0.2, -0.15) is 0 Å². The van der Waals surface area contributed by atoms with Crippen LogP contribution in [0.2, 0.25) is 0 Å². The summed E-state index contributed by atoms with van der Waals surface area (Å²) < 4.78 is 0. The number of hydrogen-bond acceptors (Lipinski definition) is 3. The minimum Gasteiger partial charge on any atom is -0.310 e. The first-order chi connectivity index (χ1) is 11.6. The number of anilines is 1. The van der Waals surface area contributed by atoms with Gasteiger partial charge in [-0.25, -0.2) is 4.98 Å². The van der Waals surface area contributed by atoms with E-state index < -0.39 is 0 Å². The van der Waals surface area contributed by atoms with Gasteiger partial charge in [0.2, 0.25) is 5.91 Å². The third-order valence-corrected chi connectivity index (χ3v) is 4.74. The summed E-state index contributed by atoms with van der Waals surface area (Å²) in [5.74, 6) is 0.209. The lowest BCUT2D eigenvalue weighted by Gasteiger charge is -2.22. The molecule has 2 aromatic heterocycles. The maximum absolute atomic E-state index is 12.1. The Balaban J connectivity index is 1.81. The van der Waals surface area contributed by atoms with Gasteiger partial charge in [0.25, 0.3) is 0 Å². The molecule has 0 N–H and O–H groups in total. The predicted molar refractivity (Wildman–Crippen MR) is 95.9 cm³/mol. The van der Waals surface area contributed by atoms with Crippen molar-refractivity contribution in [1.82, 2.24) is 9.97 Å². The van der Waals surface area contributed by atoms with Crippen LogP contribution in [0.15, 0.2) is 48.8 Å². The summed E-state index contributed by atoms with van der Waals surface area (Å²) in [6.07, 6.45) is 5.12. The zero-order valence-electron chi connectivity index (χ0n) is 13.9. The highest BCUT2D eigenvalue weighted by Crippen LogP contribution is 2.31. The molecule has 0 saturated carbocycles. The van der Waals surface area contributed by atoms with Gasteiger partial charge in [-0.3, -0.25) is 9.78 Å².